The van der Waals surface area contributed by atoms with Crippen LogP contribution in [0.2, 0.25) is 0 Å². The van der Waals surface area contributed by atoms with Gasteiger partial charge in [-0.05, 0) is 19.8 Å². The first kappa shape index (κ1) is 12.5. The lowest BCUT2D eigenvalue weighted by Crippen LogP contribution is -2.45. The first-order valence-corrected chi connectivity index (χ1v) is 5.97. The average molecular weight is 212 g/mol. The van der Waals surface area contributed by atoms with Crippen molar-refractivity contribution in [3.8, 4) is 0 Å². The molecule has 3 heteroatoms. The van der Waals surface area contributed by atoms with E-state index in [1.54, 1.807) is 4.90 Å². The third-order valence-corrected chi connectivity index (χ3v) is 3.38. The first-order chi connectivity index (χ1) is 6.96. The zero-order valence-corrected chi connectivity index (χ0v) is 10.3. The van der Waals surface area contributed by atoms with Gasteiger partial charge in [-0.25, -0.2) is 0 Å². The van der Waals surface area contributed by atoms with Gasteiger partial charge in [0, 0.05) is 25.0 Å². The lowest BCUT2D eigenvalue weighted by Gasteiger charge is -2.36. The molecule has 1 rings (SSSR count). The van der Waals surface area contributed by atoms with E-state index in [1.807, 2.05) is 14.0 Å². The van der Waals surface area contributed by atoms with Gasteiger partial charge in [0.1, 0.15) is 0 Å². The lowest BCUT2D eigenvalue weighted by atomic mass is 9.74. The molecule has 0 spiro atoms. The fourth-order valence-electron chi connectivity index (χ4n) is 2.52. The maximum atomic E-state index is 12.2. The van der Waals surface area contributed by atoms with Crippen LogP contribution in [0.4, 0.5) is 0 Å². The molecule has 0 saturated heterocycles. The minimum absolute atomic E-state index is 0.0612. The second-order valence-electron chi connectivity index (χ2n) is 5.28. The summed E-state index contributed by atoms with van der Waals surface area (Å²) in [6.45, 7) is 4.70. The molecule has 1 unspecified atom stereocenters. The van der Waals surface area contributed by atoms with Crippen molar-refractivity contribution in [2.24, 2.45) is 11.1 Å². The van der Waals surface area contributed by atoms with Gasteiger partial charge in [-0.3, -0.25) is 4.79 Å². The minimum atomic E-state index is -0.123. The van der Waals surface area contributed by atoms with Crippen molar-refractivity contribution in [3.63, 3.8) is 0 Å². The number of rotatable bonds is 3. The van der Waals surface area contributed by atoms with Crippen molar-refractivity contribution < 1.29 is 4.79 Å². The van der Waals surface area contributed by atoms with Gasteiger partial charge in [0.25, 0.3) is 0 Å². The Bertz CT molecular complexity index is 220. The molecule has 0 aromatic heterocycles. The fourth-order valence-corrected chi connectivity index (χ4v) is 2.52. The summed E-state index contributed by atoms with van der Waals surface area (Å²) in [4.78, 5) is 14.0. The number of nitrogens with two attached hydrogens (primary N) is 1. The van der Waals surface area contributed by atoms with Crippen molar-refractivity contribution >= 4 is 5.91 Å². The van der Waals surface area contributed by atoms with Crippen molar-refractivity contribution in [2.45, 2.75) is 52.0 Å². The minimum Gasteiger partial charge on any atom is -0.344 e. The fraction of sp³-hybridized carbons (Fsp3) is 0.917. The van der Waals surface area contributed by atoms with Gasteiger partial charge in [0.15, 0.2) is 0 Å². The third kappa shape index (κ3) is 3.20. The number of carbonyl (C=O) groups is 1. The van der Waals surface area contributed by atoms with Crippen LogP contribution in [0.15, 0.2) is 0 Å². The normalized spacial score (nSPS) is 22.1. The van der Waals surface area contributed by atoms with E-state index in [4.69, 9.17) is 5.73 Å². The molecule has 1 saturated carbocycles. The molecule has 1 amide bonds. The summed E-state index contributed by atoms with van der Waals surface area (Å²) in [7, 11) is 1.87. The van der Waals surface area contributed by atoms with Gasteiger partial charge >= 0.3 is 0 Å². The van der Waals surface area contributed by atoms with Crippen molar-refractivity contribution in [3.05, 3.63) is 0 Å². The van der Waals surface area contributed by atoms with Gasteiger partial charge in [0.2, 0.25) is 5.91 Å². The molecule has 0 bridgehead atoms. The van der Waals surface area contributed by atoms with Crippen LogP contribution in [0.5, 0.6) is 0 Å². The van der Waals surface area contributed by atoms with Gasteiger partial charge < -0.3 is 10.6 Å². The van der Waals surface area contributed by atoms with Crippen LogP contribution in [0.1, 0.15) is 46.0 Å². The van der Waals surface area contributed by atoms with Crippen LogP contribution in [-0.4, -0.2) is 30.4 Å². The van der Waals surface area contributed by atoms with Crippen LogP contribution in [0, 0.1) is 5.41 Å². The first-order valence-electron chi connectivity index (χ1n) is 5.97. The predicted octanol–water partition coefficient (Wildman–Crippen LogP) is 1.76. The maximum absolute atomic E-state index is 12.2. The van der Waals surface area contributed by atoms with Crippen LogP contribution < -0.4 is 5.73 Å². The molecule has 0 aromatic rings. The molecule has 1 aliphatic carbocycles. The van der Waals surface area contributed by atoms with Crippen LogP contribution in [0.3, 0.4) is 0 Å². The summed E-state index contributed by atoms with van der Waals surface area (Å²) in [5, 5.41) is 0. The molecular formula is C12H24N2O. The monoisotopic (exact) mass is 212 g/mol. The van der Waals surface area contributed by atoms with Crippen LogP contribution in [0.25, 0.3) is 0 Å². The Morgan fingerprint density at radius 2 is 1.93 bits per heavy atom. The standard InChI is InChI=1S/C12H24N2O/c1-10(13)9-14(3)11(15)12(2)7-5-4-6-8-12/h10H,4-9,13H2,1-3H3. The van der Waals surface area contributed by atoms with Crippen LogP contribution in [-0.2, 0) is 4.79 Å². The van der Waals surface area contributed by atoms with E-state index in [1.165, 1.54) is 19.3 Å². The second kappa shape index (κ2) is 4.97. The molecule has 0 aromatic carbocycles. The smallest absolute Gasteiger partial charge is 0.228 e. The number of hydrogen-bond acceptors (Lipinski definition) is 2. The molecule has 88 valence electrons. The third-order valence-electron chi connectivity index (χ3n) is 3.38. The number of amides is 1. The van der Waals surface area contributed by atoms with Crippen molar-refractivity contribution in [1.29, 1.82) is 0 Å². The number of nitrogens with zero attached hydrogens (tertiary/aromatic N) is 1. The van der Waals surface area contributed by atoms with Crippen LogP contribution >= 0.6 is 0 Å². The molecule has 2 N–H and O–H groups in total. The van der Waals surface area contributed by atoms with E-state index < -0.39 is 0 Å². The zero-order chi connectivity index (χ0) is 11.5. The van der Waals surface area contributed by atoms with Gasteiger partial charge in [-0.15, -0.1) is 0 Å². The van der Waals surface area contributed by atoms with E-state index in [0.717, 1.165) is 12.8 Å². The summed E-state index contributed by atoms with van der Waals surface area (Å²) < 4.78 is 0. The van der Waals surface area contributed by atoms with E-state index in [9.17, 15) is 4.79 Å². The lowest BCUT2D eigenvalue weighted by molar-refractivity contribution is -0.141. The Morgan fingerprint density at radius 3 is 2.40 bits per heavy atom. The number of carbonyl (C=O) groups excluding carboxylic acids is 1. The molecule has 1 atom stereocenters. The number of hydrogen-bond donors (Lipinski definition) is 1. The van der Waals surface area contributed by atoms with Crippen molar-refractivity contribution in [1.82, 2.24) is 4.90 Å². The predicted molar refractivity (Wildman–Crippen MR) is 62.5 cm³/mol. The average Bonchev–Trinajstić information content (AvgIpc) is 2.16. The summed E-state index contributed by atoms with van der Waals surface area (Å²) in [5.41, 5.74) is 5.59. The van der Waals surface area contributed by atoms with E-state index in [2.05, 4.69) is 6.92 Å². The Labute approximate surface area is 93.0 Å². The Balaban J connectivity index is 2.57. The summed E-state index contributed by atoms with van der Waals surface area (Å²) >= 11 is 0. The SMILES string of the molecule is CC(N)CN(C)C(=O)C1(C)CCCCC1. The second-order valence-corrected chi connectivity index (χ2v) is 5.28. The highest BCUT2D eigenvalue weighted by Gasteiger charge is 2.36. The highest BCUT2D eigenvalue weighted by molar-refractivity contribution is 5.82. The largest absolute Gasteiger partial charge is 0.344 e. The highest BCUT2D eigenvalue weighted by Crippen LogP contribution is 2.37. The molecule has 1 aliphatic rings. The summed E-state index contributed by atoms with van der Waals surface area (Å²) in [5.74, 6) is 0.277. The molecular weight excluding hydrogens is 188 g/mol. The summed E-state index contributed by atoms with van der Waals surface area (Å²) in [6, 6.07) is 0.0612. The molecule has 0 heterocycles. The van der Waals surface area contributed by atoms with E-state index in [-0.39, 0.29) is 17.4 Å². The molecule has 0 aliphatic heterocycles. The Morgan fingerprint density at radius 1 is 1.40 bits per heavy atom. The topological polar surface area (TPSA) is 46.3 Å². The molecule has 1 fully saturated rings. The molecule has 0 radical (unpaired) electrons. The highest BCUT2D eigenvalue weighted by atomic mass is 16.2. The molecule has 3 nitrogen and oxygen atoms in total. The molecule has 15 heavy (non-hydrogen) atoms. The Kier molecular flexibility index (Phi) is 4.14. The quantitative estimate of drug-likeness (QED) is 0.775. The van der Waals surface area contributed by atoms with E-state index >= 15 is 0 Å². The maximum Gasteiger partial charge on any atom is 0.228 e. The summed E-state index contributed by atoms with van der Waals surface area (Å²) in [6.07, 6.45) is 5.73. The van der Waals surface area contributed by atoms with Gasteiger partial charge in [-0.1, -0.05) is 26.2 Å². The number of likely N-dealkylation sites (N-methyl/N-ethyl adjacent to an activating group) is 1. The van der Waals surface area contributed by atoms with Crippen molar-refractivity contribution in [2.75, 3.05) is 13.6 Å². The Hall–Kier alpha value is -0.570. The zero-order valence-electron chi connectivity index (χ0n) is 10.3. The van der Waals surface area contributed by atoms with E-state index in [0.29, 0.717) is 6.54 Å². The van der Waals surface area contributed by atoms with Gasteiger partial charge in [0.05, 0.1) is 0 Å². The van der Waals surface area contributed by atoms with Gasteiger partial charge in [-0.2, -0.15) is 0 Å².